The average molecular weight is 439 g/mol. The Hall–Kier alpha value is -3.39. The van der Waals surface area contributed by atoms with Gasteiger partial charge in [-0.15, -0.1) is 0 Å². The quantitative estimate of drug-likeness (QED) is 0.585. The number of carbonyl (C=O) groups excluding carboxylic acids is 2. The fourth-order valence-electron chi connectivity index (χ4n) is 3.51. The molecule has 1 aliphatic rings. The molecule has 0 bridgehead atoms. The highest BCUT2D eigenvalue weighted by molar-refractivity contribution is 6.01. The second-order valence-corrected chi connectivity index (χ2v) is 8.20. The number of nitrogens with one attached hydrogen (secondary N) is 2. The molecule has 1 fully saturated rings. The Morgan fingerprint density at radius 2 is 1.69 bits per heavy atom. The summed E-state index contributed by atoms with van der Waals surface area (Å²) in [5, 5.41) is 15.2. The number of nitrogens with zero attached hydrogens (tertiary/aromatic N) is 2. The van der Waals surface area contributed by atoms with E-state index in [9.17, 15) is 19.5 Å². The second-order valence-electron chi connectivity index (χ2n) is 8.20. The Morgan fingerprint density at radius 1 is 1.00 bits per heavy atom. The van der Waals surface area contributed by atoms with Crippen molar-refractivity contribution in [2.24, 2.45) is 5.92 Å². The molecule has 8 nitrogen and oxygen atoms in total. The summed E-state index contributed by atoms with van der Waals surface area (Å²) in [7, 11) is 0. The fourth-order valence-corrected chi connectivity index (χ4v) is 3.51. The van der Waals surface area contributed by atoms with Gasteiger partial charge in [-0.25, -0.2) is 4.79 Å². The van der Waals surface area contributed by atoms with Gasteiger partial charge >= 0.3 is 5.97 Å². The SMILES string of the molecule is CC(C)C(=O)Nc1ccc(N2CCN(CC(=O)NCc3ccccc3)CC2)cc1C(=O)O. The first-order chi connectivity index (χ1) is 15.3. The molecular weight excluding hydrogens is 408 g/mol. The summed E-state index contributed by atoms with van der Waals surface area (Å²) in [4.78, 5) is 40.1. The normalized spacial score (nSPS) is 14.3. The van der Waals surface area contributed by atoms with Crippen molar-refractivity contribution in [2.45, 2.75) is 20.4 Å². The van der Waals surface area contributed by atoms with E-state index < -0.39 is 5.97 Å². The summed E-state index contributed by atoms with van der Waals surface area (Å²) in [6.07, 6.45) is 0. The first kappa shape index (κ1) is 23.3. The lowest BCUT2D eigenvalue weighted by Gasteiger charge is -2.36. The molecule has 3 N–H and O–H groups in total. The number of carbonyl (C=O) groups is 3. The fraction of sp³-hybridized carbons (Fsp3) is 0.375. The van der Waals surface area contributed by atoms with E-state index in [1.807, 2.05) is 36.4 Å². The molecule has 0 radical (unpaired) electrons. The smallest absolute Gasteiger partial charge is 0.337 e. The lowest BCUT2D eigenvalue weighted by atomic mass is 10.1. The van der Waals surface area contributed by atoms with Crippen molar-refractivity contribution >= 4 is 29.2 Å². The zero-order valence-electron chi connectivity index (χ0n) is 18.5. The number of amides is 2. The number of anilines is 2. The minimum atomic E-state index is -1.08. The van der Waals surface area contributed by atoms with Crippen LogP contribution in [0.25, 0.3) is 0 Å². The largest absolute Gasteiger partial charge is 0.478 e. The van der Waals surface area contributed by atoms with Gasteiger partial charge < -0.3 is 20.6 Å². The third-order valence-electron chi connectivity index (χ3n) is 5.45. The number of carboxylic acid groups (broad SMARTS) is 1. The molecule has 32 heavy (non-hydrogen) atoms. The van der Waals surface area contributed by atoms with Crippen LogP contribution in [0.2, 0.25) is 0 Å². The highest BCUT2D eigenvalue weighted by atomic mass is 16.4. The third-order valence-corrected chi connectivity index (χ3v) is 5.45. The molecule has 2 amide bonds. The number of hydrogen-bond donors (Lipinski definition) is 3. The van der Waals surface area contributed by atoms with Gasteiger partial charge in [-0.2, -0.15) is 0 Å². The van der Waals surface area contributed by atoms with Crippen molar-refractivity contribution in [1.29, 1.82) is 0 Å². The number of carboxylic acids is 1. The van der Waals surface area contributed by atoms with E-state index in [0.29, 0.717) is 45.0 Å². The molecule has 1 heterocycles. The van der Waals surface area contributed by atoms with Crippen molar-refractivity contribution in [3.63, 3.8) is 0 Å². The van der Waals surface area contributed by atoms with E-state index in [4.69, 9.17) is 0 Å². The lowest BCUT2D eigenvalue weighted by Crippen LogP contribution is -2.49. The number of benzene rings is 2. The first-order valence-corrected chi connectivity index (χ1v) is 10.8. The Balaban J connectivity index is 1.54. The Kier molecular flexibility index (Phi) is 7.83. The van der Waals surface area contributed by atoms with Gasteiger partial charge in [0.15, 0.2) is 0 Å². The lowest BCUT2D eigenvalue weighted by molar-refractivity contribution is -0.122. The summed E-state index contributed by atoms with van der Waals surface area (Å²) >= 11 is 0. The molecule has 0 atom stereocenters. The minimum absolute atomic E-state index is 0.0132. The van der Waals surface area contributed by atoms with Crippen molar-refractivity contribution in [3.8, 4) is 0 Å². The van der Waals surface area contributed by atoms with Gasteiger partial charge in [-0.3, -0.25) is 14.5 Å². The van der Waals surface area contributed by atoms with Crippen molar-refractivity contribution in [3.05, 3.63) is 59.7 Å². The Morgan fingerprint density at radius 3 is 2.31 bits per heavy atom. The van der Waals surface area contributed by atoms with Crippen LogP contribution < -0.4 is 15.5 Å². The van der Waals surface area contributed by atoms with E-state index in [1.165, 1.54) is 0 Å². The van der Waals surface area contributed by atoms with E-state index >= 15 is 0 Å². The highest BCUT2D eigenvalue weighted by Gasteiger charge is 2.21. The van der Waals surface area contributed by atoms with Crippen LogP contribution in [0, 0.1) is 5.92 Å². The van der Waals surface area contributed by atoms with Crippen LogP contribution in [0.4, 0.5) is 11.4 Å². The van der Waals surface area contributed by atoms with Crippen LogP contribution in [0.15, 0.2) is 48.5 Å². The topological polar surface area (TPSA) is 102 Å². The molecule has 0 saturated carbocycles. The van der Waals surface area contributed by atoms with Crippen LogP contribution in [-0.4, -0.2) is 60.5 Å². The molecule has 0 spiro atoms. The zero-order chi connectivity index (χ0) is 23.1. The van der Waals surface area contributed by atoms with Crippen LogP contribution in [0.5, 0.6) is 0 Å². The highest BCUT2D eigenvalue weighted by Crippen LogP contribution is 2.25. The monoisotopic (exact) mass is 438 g/mol. The third kappa shape index (κ3) is 6.31. The maximum atomic E-state index is 12.3. The molecule has 2 aromatic rings. The van der Waals surface area contributed by atoms with E-state index in [2.05, 4.69) is 20.4 Å². The van der Waals surface area contributed by atoms with Crippen LogP contribution >= 0.6 is 0 Å². The number of piperazine rings is 1. The summed E-state index contributed by atoms with van der Waals surface area (Å²) in [5.74, 6) is -1.56. The standard InChI is InChI=1S/C24H30N4O4/c1-17(2)23(30)26-21-9-8-19(14-20(21)24(31)32)28-12-10-27(11-13-28)16-22(29)25-15-18-6-4-3-5-7-18/h3-9,14,17H,10-13,15-16H2,1-2H3,(H,25,29)(H,26,30)(H,31,32). The Bertz CT molecular complexity index is 954. The summed E-state index contributed by atoms with van der Waals surface area (Å²) in [6, 6.07) is 14.9. The number of aromatic carboxylic acids is 1. The van der Waals surface area contributed by atoms with Gasteiger partial charge in [0.2, 0.25) is 11.8 Å². The molecular formula is C24H30N4O4. The second kappa shape index (κ2) is 10.8. The molecule has 1 aliphatic heterocycles. The van der Waals surface area contributed by atoms with Crippen molar-refractivity contribution in [1.82, 2.24) is 10.2 Å². The van der Waals surface area contributed by atoms with E-state index in [0.717, 1.165) is 11.3 Å². The molecule has 2 aromatic carbocycles. The first-order valence-electron chi connectivity index (χ1n) is 10.8. The van der Waals surface area contributed by atoms with Gasteiger partial charge in [-0.1, -0.05) is 44.2 Å². The minimum Gasteiger partial charge on any atom is -0.478 e. The maximum absolute atomic E-state index is 12.3. The summed E-state index contributed by atoms with van der Waals surface area (Å²) < 4.78 is 0. The van der Waals surface area contributed by atoms with Gasteiger partial charge in [0.05, 0.1) is 17.8 Å². The van der Waals surface area contributed by atoms with E-state index in [-0.39, 0.29) is 23.3 Å². The number of hydrogen-bond acceptors (Lipinski definition) is 5. The molecule has 0 unspecified atom stereocenters. The summed E-state index contributed by atoms with van der Waals surface area (Å²) in [6.45, 7) is 7.13. The van der Waals surface area contributed by atoms with Gasteiger partial charge in [0.1, 0.15) is 0 Å². The van der Waals surface area contributed by atoms with E-state index in [1.54, 1.807) is 26.0 Å². The molecule has 0 aliphatic carbocycles. The van der Waals surface area contributed by atoms with Crippen LogP contribution in [-0.2, 0) is 16.1 Å². The van der Waals surface area contributed by atoms with Crippen molar-refractivity contribution < 1.29 is 19.5 Å². The van der Waals surface area contributed by atoms with Crippen LogP contribution in [0.3, 0.4) is 0 Å². The maximum Gasteiger partial charge on any atom is 0.337 e. The molecule has 8 heteroatoms. The predicted octanol–water partition coefficient (Wildman–Crippen LogP) is 2.42. The van der Waals surface area contributed by atoms with Gasteiger partial charge in [0.25, 0.3) is 0 Å². The molecule has 1 saturated heterocycles. The molecule has 170 valence electrons. The van der Waals surface area contributed by atoms with Gasteiger partial charge in [-0.05, 0) is 23.8 Å². The zero-order valence-corrected chi connectivity index (χ0v) is 18.5. The molecule has 0 aromatic heterocycles. The summed E-state index contributed by atoms with van der Waals surface area (Å²) in [5.41, 5.74) is 2.22. The Labute approximate surface area is 188 Å². The average Bonchev–Trinajstić information content (AvgIpc) is 2.79. The van der Waals surface area contributed by atoms with Crippen LogP contribution in [0.1, 0.15) is 29.8 Å². The molecule has 3 rings (SSSR count). The predicted molar refractivity (Wildman–Crippen MR) is 124 cm³/mol. The van der Waals surface area contributed by atoms with Gasteiger partial charge in [0, 0.05) is 44.3 Å². The van der Waals surface area contributed by atoms with Crippen molar-refractivity contribution in [2.75, 3.05) is 42.9 Å². The number of rotatable bonds is 8.